The van der Waals surface area contributed by atoms with Crippen LogP contribution in [0.4, 0.5) is 11.5 Å². The van der Waals surface area contributed by atoms with Crippen molar-refractivity contribution in [1.82, 2.24) is 20.3 Å². The molecule has 30 heavy (non-hydrogen) atoms. The fraction of sp³-hybridized carbons (Fsp3) is 0.435. The lowest BCUT2D eigenvalue weighted by Gasteiger charge is -2.35. The summed E-state index contributed by atoms with van der Waals surface area (Å²) in [7, 11) is 0. The Kier molecular flexibility index (Phi) is 6.16. The zero-order chi connectivity index (χ0) is 20.9. The molecule has 4 rings (SSSR count). The molecule has 2 aromatic heterocycles. The van der Waals surface area contributed by atoms with Gasteiger partial charge in [-0.15, -0.1) is 0 Å². The van der Waals surface area contributed by atoms with Gasteiger partial charge in [0.05, 0.1) is 5.39 Å². The van der Waals surface area contributed by atoms with Crippen molar-refractivity contribution >= 4 is 28.4 Å². The number of carbonyl (C=O) groups excluding carboxylic acids is 1. The third-order valence-corrected chi connectivity index (χ3v) is 5.54. The lowest BCUT2D eigenvalue weighted by Crippen LogP contribution is -2.52. The third-order valence-electron chi connectivity index (χ3n) is 5.54. The minimum absolute atomic E-state index is 0.0638. The van der Waals surface area contributed by atoms with Crippen molar-refractivity contribution in [3.05, 3.63) is 48.9 Å². The lowest BCUT2D eigenvalue weighted by atomic mass is 10.0. The highest BCUT2D eigenvalue weighted by Gasteiger charge is 2.27. The van der Waals surface area contributed by atoms with E-state index in [1.165, 1.54) is 0 Å². The second-order valence-electron chi connectivity index (χ2n) is 8.42. The fourth-order valence-corrected chi connectivity index (χ4v) is 4.14. The maximum absolute atomic E-state index is 13.1. The summed E-state index contributed by atoms with van der Waals surface area (Å²) in [5, 5.41) is 7.73. The summed E-state index contributed by atoms with van der Waals surface area (Å²) in [6, 6.07) is 11.8. The summed E-state index contributed by atoms with van der Waals surface area (Å²) < 4.78 is 0. The molecule has 3 heterocycles. The number of hydrogen-bond acceptors (Lipinski definition) is 5. The maximum atomic E-state index is 13.1. The number of nitrogens with one attached hydrogen (secondary N) is 3. The summed E-state index contributed by atoms with van der Waals surface area (Å²) >= 11 is 0. The van der Waals surface area contributed by atoms with Gasteiger partial charge in [0.1, 0.15) is 23.8 Å². The van der Waals surface area contributed by atoms with Crippen molar-refractivity contribution in [2.75, 3.05) is 23.3 Å². The summed E-state index contributed by atoms with van der Waals surface area (Å²) in [5.41, 5.74) is 1.81. The Morgan fingerprint density at radius 3 is 2.87 bits per heavy atom. The molecular formula is C23H30N6O. The molecule has 3 N–H and O–H groups in total. The fourth-order valence-electron chi connectivity index (χ4n) is 4.14. The normalized spacial score (nSPS) is 17.8. The van der Waals surface area contributed by atoms with Crippen molar-refractivity contribution in [3.63, 3.8) is 0 Å². The number of nitrogens with zero attached hydrogens (tertiary/aromatic N) is 3. The molecule has 0 aliphatic carbocycles. The summed E-state index contributed by atoms with van der Waals surface area (Å²) in [5.74, 6) is 1.41. The number of aromatic nitrogens is 3. The number of para-hydroxylation sites is 1. The molecule has 1 aliphatic rings. The van der Waals surface area contributed by atoms with Crippen molar-refractivity contribution in [1.29, 1.82) is 0 Å². The number of amides is 1. The molecule has 2 atom stereocenters. The average molecular weight is 407 g/mol. The smallest absolute Gasteiger partial charge is 0.242 e. The Bertz CT molecular complexity index is 970. The van der Waals surface area contributed by atoms with E-state index in [1.807, 2.05) is 42.6 Å². The van der Waals surface area contributed by atoms with Gasteiger partial charge in [0.25, 0.3) is 0 Å². The maximum Gasteiger partial charge on any atom is 0.242 e. The van der Waals surface area contributed by atoms with Gasteiger partial charge in [0.15, 0.2) is 0 Å². The average Bonchev–Trinajstić information content (AvgIpc) is 3.23. The van der Waals surface area contributed by atoms with E-state index in [9.17, 15) is 4.79 Å². The standard InChI is InChI=1S/C23H30N6O/c1-16(2)13-20(27-17-7-4-3-5-8-17)23(30)28-18-9-6-12-29(14-18)22-19-10-11-24-21(19)25-15-26-22/h3-5,7-8,10-11,15-16,18,20,27H,6,9,12-14H2,1-2H3,(H,28,30)(H,24,25,26). The predicted octanol–water partition coefficient (Wildman–Crippen LogP) is 3.57. The van der Waals surface area contributed by atoms with Crippen molar-refractivity contribution in [2.45, 2.75) is 45.2 Å². The molecule has 1 fully saturated rings. The molecular weight excluding hydrogens is 376 g/mol. The van der Waals surface area contributed by atoms with Crippen molar-refractivity contribution in [2.24, 2.45) is 5.92 Å². The first-order chi connectivity index (χ1) is 14.6. The molecule has 7 heteroatoms. The van der Waals surface area contributed by atoms with Gasteiger partial charge in [0, 0.05) is 31.0 Å². The number of hydrogen-bond donors (Lipinski definition) is 3. The summed E-state index contributed by atoms with van der Waals surface area (Å²) in [4.78, 5) is 27.3. The van der Waals surface area contributed by atoms with Gasteiger partial charge >= 0.3 is 0 Å². The van der Waals surface area contributed by atoms with Gasteiger partial charge in [-0.1, -0.05) is 32.0 Å². The number of rotatable bonds is 7. The minimum atomic E-state index is -0.252. The van der Waals surface area contributed by atoms with Crippen LogP contribution in [-0.2, 0) is 4.79 Å². The van der Waals surface area contributed by atoms with E-state index < -0.39 is 0 Å². The van der Waals surface area contributed by atoms with E-state index in [1.54, 1.807) is 6.33 Å². The van der Waals surface area contributed by atoms with Crippen LogP contribution >= 0.6 is 0 Å². The first-order valence-corrected chi connectivity index (χ1v) is 10.7. The van der Waals surface area contributed by atoms with E-state index >= 15 is 0 Å². The number of aromatic amines is 1. The number of H-pyrrole nitrogens is 1. The second kappa shape index (κ2) is 9.15. The number of benzene rings is 1. The Morgan fingerprint density at radius 1 is 1.23 bits per heavy atom. The highest BCUT2D eigenvalue weighted by molar-refractivity contribution is 5.87. The largest absolute Gasteiger partial charge is 0.374 e. The molecule has 2 unspecified atom stereocenters. The molecule has 0 bridgehead atoms. The van der Waals surface area contributed by atoms with E-state index in [0.29, 0.717) is 5.92 Å². The molecule has 1 aliphatic heterocycles. The predicted molar refractivity (Wildman–Crippen MR) is 121 cm³/mol. The third kappa shape index (κ3) is 4.72. The molecule has 3 aromatic rings. The Morgan fingerprint density at radius 2 is 2.07 bits per heavy atom. The highest BCUT2D eigenvalue weighted by atomic mass is 16.2. The van der Waals surface area contributed by atoms with Crippen LogP contribution in [0.2, 0.25) is 0 Å². The Balaban J connectivity index is 1.44. The molecule has 158 valence electrons. The van der Waals surface area contributed by atoms with Gasteiger partial charge in [0.2, 0.25) is 5.91 Å². The zero-order valence-electron chi connectivity index (χ0n) is 17.6. The van der Waals surface area contributed by atoms with Gasteiger partial charge in [-0.2, -0.15) is 0 Å². The van der Waals surface area contributed by atoms with Crippen LogP contribution < -0.4 is 15.5 Å². The zero-order valence-corrected chi connectivity index (χ0v) is 17.6. The van der Waals surface area contributed by atoms with Gasteiger partial charge < -0.3 is 20.5 Å². The first-order valence-electron chi connectivity index (χ1n) is 10.7. The summed E-state index contributed by atoms with van der Waals surface area (Å²) in [6.07, 6.45) is 6.26. The van der Waals surface area contributed by atoms with Gasteiger partial charge in [-0.25, -0.2) is 9.97 Å². The monoisotopic (exact) mass is 406 g/mol. The van der Waals surface area contributed by atoms with Crippen LogP contribution in [0.1, 0.15) is 33.1 Å². The quantitative estimate of drug-likeness (QED) is 0.558. The molecule has 1 saturated heterocycles. The lowest BCUT2D eigenvalue weighted by molar-refractivity contribution is -0.122. The Labute approximate surface area is 177 Å². The van der Waals surface area contributed by atoms with Crippen LogP contribution in [0, 0.1) is 5.92 Å². The molecule has 1 amide bonds. The molecule has 0 spiro atoms. The Hall–Kier alpha value is -3.09. The molecule has 0 radical (unpaired) electrons. The number of carbonyl (C=O) groups is 1. The molecule has 7 nitrogen and oxygen atoms in total. The topological polar surface area (TPSA) is 85.9 Å². The van der Waals surface area contributed by atoms with E-state index in [0.717, 1.165) is 54.9 Å². The van der Waals surface area contributed by atoms with Crippen LogP contribution in [0.25, 0.3) is 11.0 Å². The van der Waals surface area contributed by atoms with Crippen LogP contribution in [0.5, 0.6) is 0 Å². The second-order valence-corrected chi connectivity index (χ2v) is 8.42. The van der Waals surface area contributed by atoms with E-state index in [-0.39, 0.29) is 18.0 Å². The SMILES string of the molecule is CC(C)CC(Nc1ccccc1)C(=O)NC1CCCN(c2ncnc3[nH]ccc23)C1. The molecule has 0 saturated carbocycles. The van der Waals surface area contributed by atoms with Gasteiger partial charge in [-0.3, -0.25) is 4.79 Å². The minimum Gasteiger partial charge on any atom is -0.374 e. The van der Waals surface area contributed by atoms with Crippen LogP contribution in [0.15, 0.2) is 48.9 Å². The number of anilines is 2. The van der Waals surface area contributed by atoms with Crippen molar-refractivity contribution in [3.8, 4) is 0 Å². The van der Waals surface area contributed by atoms with Crippen LogP contribution in [0.3, 0.4) is 0 Å². The first kappa shape index (κ1) is 20.2. The summed E-state index contributed by atoms with van der Waals surface area (Å²) in [6.45, 7) is 5.98. The van der Waals surface area contributed by atoms with E-state index in [2.05, 4.69) is 44.3 Å². The number of piperidine rings is 1. The highest BCUT2D eigenvalue weighted by Crippen LogP contribution is 2.25. The van der Waals surface area contributed by atoms with Crippen molar-refractivity contribution < 1.29 is 4.79 Å². The van der Waals surface area contributed by atoms with Crippen LogP contribution in [-0.4, -0.2) is 46.0 Å². The molecule has 1 aromatic carbocycles. The van der Waals surface area contributed by atoms with E-state index in [4.69, 9.17) is 0 Å². The van der Waals surface area contributed by atoms with Gasteiger partial charge in [-0.05, 0) is 43.4 Å². The number of fused-ring (bicyclic) bond motifs is 1.